The van der Waals surface area contributed by atoms with Gasteiger partial charge in [-0.15, -0.1) is 15.0 Å². The number of hydrogen-bond acceptors (Lipinski definition) is 4. The van der Waals surface area contributed by atoms with Gasteiger partial charge in [-0.05, 0) is 29.3 Å². The van der Waals surface area contributed by atoms with E-state index in [2.05, 4.69) is 20.7 Å². The van der Waals surface area contributed by atoms with E-state index in [-0.39, 0.29) is 11.7 Å². The average molecular weight is 293 g/mol. The number of para-hydroxylation sites is 1. The Morgan fingerprint density at radius 3 is 2.41 bits per heavy atom. The first kappa shape index (κ1) is 13.9. The summed E-state index contributed by atoms with van der Waals surface area (Å²) in [5.41, 5.74) is 1.93. The fourth-order valence-corrected chi connectivity index (χ4v) is 2.02. The van der Waals surface area contributed by atoms with Gasteiger partial charge in [-0.3, -0.25) is 4.79 Å². The van der Waals surface area contributed by atoms with Crippen molar-refractivity contribution in [3.63, 3.8) is 0 Å². The van der Waals surface area contributed by atoms with Gasteiger partial charge in [0.05, 0.1) is 5.69 Å². The lowest BCUT2D eigenvalue weighted by molar-refractivity contribution is 0.0943. The Labute approximate surface area is 127 Å². The summed E-state index contributed by atoms with van der Waals surface area (Å²) in [4.78, 5) is 13.3. The predicted molar refractivity (Wildman–Crippen MR) is 81.6 cm³/mol. The molecule has 0 saturated heterocycles. The molecule has 0 spiro atoms. The Morgan fingerprint density at radius 1 is 1.00 bits per heavy atom. The van der Waals surface area contributed by atoms with E-state index in [1.54, 1.807) is 0 Å². The second-order valence-electron chi connectivity index (χ2n) is 4.73. The average Bonchev–Trinajstić information content (AvgIpc) is 3.07. The Morgan fingerprint density at radius 2 is 1.68 bits per heavy atom. The molecule has 0 bridgehead atoms. The number of rotatable bonds is 5. The maximum atomic E-state index is 12.0. The molecular weight excluding hydrogens is 278 g/mol. The lowest BCUT2D eigenvalue weighted by atomic mass is 10.1. The van der Waals surface area contributed by atoms with E-state index in [1.807, 2.05) is 60.7 Å². The summed E-state index contributed by atoms with van der Waals surface area (Å²) >= 11 is 0. The van der Waals surface area contributed by atoms with Crippen molar-refractivity contribution in [1.82, 2.24) is 25.5 Å². The number of carbonyl (C=O) groups is 1. The monoisotopic (exact) mass is 293 g/mol. The summed E-state index contributed by atoms with van der Waals surface area (Å²) in [6.07, 6.45) is 0.763. The van der Waals surface area contributed by atoms with Crippen LogP contribution in [-0.4, -0.2) is 32.7 Å². The van der Waals surface area contributed by atoms with E-state index in [9.17, 15) is 4.79 Å². The van der Waals surface area contributed by atoms with Crippen LogP contribution in [0.25, 0.3) is 5.69 Å². The molecular formula is C16H15N5O. The number of carbonyl (C=O) groups excluding carboxylic acids is 1. The van der Waals surface area contributed by atoms with Crippen molar-refractivity contribution in [3.05, 3.63) is 72.1 Å². The molecule has 22 heavy (non-hydrogen) atoms. The second kappa shape index (κ2) is 6.62. The van der Waals surface area contributed by atoms with Crippen LogP contribution in [0.2, 0.25) is 0 Å². The fourth-order valence-electron chi connectivity index (χ4n) is 2.02. The van der Waals surface area contributed by atoms with Gasteiger partial charge in [0.1, 0.15) is 0 Å². The van der Waals surface area contributed by atoms with Gasteiger partial charge in [0.15, 0.2) is 0 Å². The van der Waals surface area contributed by atoms with E-state index in [0.717, 1.165) is 12.1 Å². The molecule has 0 unspecified atom stereocenters. The third kappa shape index (κ3) is 3.35. The number of aromatic nitrogens is 4. The minimum absolute atomic E-state index is 0.0666. The maximum Gasteiger partial charge on any atom is 0.292 e. The lowest BCUT2D eigenvalue weighted by Gasteiger charge is -2.02. The van der Waals surface area contributed by atoms with Crippen LogP contribution < -0.4 is 5.32 Å². The molecule has 0 saturated carbocycles. The van der Waals surface area contributed by atoms with E-state index >= 15 is 0 Å². The molecule has 6 heteroatoms. The van der Waals surface area contributed by atoms with Crippen LogP contribution in [0.1, 0.15) is 16.2 Å². The fraction of sp³-hybridized carbons (Fsp3) is 0.125. The van der Waals surface area contributed by atoms with Crippen molar-refractivity contribution in [3.8, 4) is 5.69 Å². The van der Waals surface area contributed by atoms with E-state index < -0.39 is 0 Å². The van der Waals surface area contributed by atoms with Crippen LogP contribution in [0.15, 0.2) is 60.7 Å². The highest BCUT2D eigenvalue weighted by atomic mass is 16.2. The third-order valence-corrected chi connectivity index (χ3v) is 3.15. The minimum atomic E-state index is -0.321. The van der Waals surface area contributed by atoms with Gasteiger partial charge in [-0.25, -0.2) is 0 Å². The van der Waals surface area contributed by atoms with Crippen molar-refractivity contribution in [2.75, 3.05) is 6.54 Å². The summed E-state index contributed by atoms with van der Waals surface area (Å²) < 4.78 is 0. The third-order valence-electron chi connectivity index (χ3n) is 3.15. The Balaban J connectivity index is 1.58. The van der Waals surface area contributed by atoms with Crippen molar-refractivity contribution in [2.24, 2.45) is 0 Å². The molecule has 0 aliphatic rings. The Bertz CT molecular complexity index is 739. The van der Waals surface area contributed by atoms with Crippen LogP contribution in [0.4, 0.5) is 0 Å². The first-order valence-corrected chi connectivity index (χ1v) is 7.00. The summed E-state index contributed by atoms with van der Waals surface area (Å²) in [6, 6.07) is 19.3. The van der Waals surface area contributed by atoms with Crippen molar-refractivity contribution < 1.29 is 4.79 Å². The number of benzene rings is 2. The van der Waals surface area contributed by atoms with E-state index in [4.69, 9.17) is 0 Å². The number of nitrogens with one attached hydrogen (secondary N) is 1. The molecule has 0 atom stereocenters. The summed E-state index contributed by atoms with van der Waals surface area (Å²) in [5.74, 6) is -0.255. The number of hydrogen-bond donors (Lipinski definition) is 1. The van der Waals surface area contributed by atoms with Gasteiger partial charge in [-0.2, -0.15) is 0 Å². The van der Waals surface area contributed by atoms with Gasteiger partial charge in [-0.1, -0.05) is 48.5 Å². The molecule has 3 rings (SSSR count). The van der Waals surface area contributed by atoms with Crippen LogP contribution in [0.3, 0.4) is 0 Å². The highest BCUT2D eigenvalue weighted by molar-refractivity contribution is 5.90. The Kier molecular flexibility index (Phi) is 4.20. The molecule has 110 valence electrons. The van der Waals surface area contributed by atoms with Crippen LogP contribution in [0, 0.1) is 0 Å². The van der Waals surface area contributed by atoms with Gasteiger partial charge in [0.2, 0.25) is 0 Å². The predicted octanol–water partition coefficient (Wildman–Crippen LogP) is 1.63. The van der Waals surface area contributed by atoms with Crippen molar-refractivity contribution in [2.45, 2.75) is 6.42 Å². The standard InChI is InChI=1S/C16H15N5O/c22-16(17-12-11-13-7-3-1-4-8-13)15-18-20-21(19-15)14-9-5-2-6-10-14/h1-10H,11-12H2,(H,17,22). The zero-order valence-electron chi connectivity index (χ0n) is 11.9. The van der Waals surface area contributed by atoms with Crippen LogP contribution in [-0.2, 0) is 6.42 Å². The van der Waals surface area contributed by atoms with Gasteiger partial charge in [0, 0.05) is 6.54 Å². The van der Waals surface area contributed by atoms with Gasteiger partial charge in [0.25, 0.3) is 11.7 Å². The lowest BCUT2D eigenvalue weighted by Crippen LogP contribution is -2.26. The summed E-state index contributed by atoms with van der Waals surface area (Å²) in [5, 5.41) is 14.6. The van der Waals surface area contributed by atoms with Crippen molar-refractivity contribution in [1.29, 1.82) is 0 Å². The molecule has 6 nitrogen and oxygen atoms in total. The highest BCUT2D eigenvalue weighted by Crippen LogP contribution is 2.03. The molecule has 0 aliphatic carbocycles. The first-order chi connectivity index (χ1) is 10.8. The Hall–Kier alpha value is -3.02. The zero-order chi connectivity index (χ0) is 15.2. The number of amides is 1. The molecule has 1 amide bonds. The van der Waals surface area contributed by atoms with Crippen molar-refractivity contribution >= 4 is 5.91 Å². The quantitative estimate of drug-likeness (QED) is 0.776. The largest absolute Gasteiger partial charge is 0.349 e. The zero-order valence-corrected chi connectivity index (χ0v) is 11.9. The summed E-state index contributed by atoms with van der Waals surface area (Å²) in [7, 11) is 0. The topological polar surface area (TPSA) is 72.7 Å². The maximum absolute atomic E-state index is 12.0. The summed E-state index contributed by atoms with van der Waals surface area (Å²) in [6.45, 7) is 0.530. The second-order valence-corrected chi connectivity index (χ2v) is 4.73. The van der Waals surface area contributed by atoms with E-state index in [0.29, 0.717) is 6.54 Å². The van der Waals surface area contributed by atoms with Gasteiger partial charge < -0.3 is 5.32 Å². The molecule has 0 aliphatic heterocycles. The molecule has 0 fully saturated rings. The highest BCUT2D eigenvalue weighted by Gasteiger charge is 2.12. The number of nitrogens with zero attached hydrogens (tertiary/aromatic N) is 4. The van der Waals surface area contributed by atoms with Crippen LogP contribution >= 0.6 is 0 Å². The molecule has 1 N–H and O–H groups in total. The normalized spacial score (nSPS) is 10.4. The SMILES string of the molecule is O=C(NCCc1ccccc1)c1nnn(-c2ccccc2)n1. The minimum Gasteiger partial charge on any atom is -0.349 e. The number of tetrazole rings is 1. The molecule has 3 aromatic rings. The molecule has 2 aromatic carbocycles. The first-order valence-electron chi connectivity index (χ1n) is 7.00. The molecule has 1 aromatic heterocycles. The molecule has 0 radical (unpaired) electrons. The van der Waals surface area contributed by atoms with Crippen LogP contribution in [0.5, 0.6) is 0 Å². The smallest absolute Gasteiger partial charge is 0.292 e. The van der Waals surface area contributed by atoms with Gasteiger partial charge >= 0.3 is 0 Å². The molecule has 1 heterocycles. The van der Waals surface area contributed by atoms with E-state index in [1.165, 1.54) is 10.4 Å².